The van der Waals surface area contributed by atoms with Crippen LogP contribution in [0.4, 0.5) is 0 Å². The molecule has 0 saturated heterocycles. The van der Waals surface area contributed by atoms with Crippen LogP contribution in [0.3, 0.4) is 0 Å². The van der Waals surface area contributed by atoms with Crippen LogP contribution in [0, 0.1) is 0 Å². The van der Waals surface area contributed by atoms with Gasteiger partial charge in [0.1, 0.15) is 5.60 Å². The summed E-state index contributed by atoms with van der Waals surface area (Å²) in [5.41, 5.74) is 11.8. The highest BCUT2D eigenvalue weighted by atomic mass is 16.3. The molecule has 0 fully saturated rings. The monoisotopic (exact) mass is 451 g/mol. The topological polar surface area (TPSA) is 46.2 Å². The highest BCUT2D eigenvalue weighted by molar-refractivity contribution is 5.48. The Labute approximate surface area is 204 Å². The summed E-state index contributed by atoms with van der Waals surface area (Å²) >= 11 is 0. The zero-order valence-electron chi connectivity index (χ0n) is 23.6. The van der Waals surface area contributed by atoms with Crippen molar-refractivity contribution in [1.29, 1.82) is 0 Å². The molecule has 0 spiro atoms. The minimum Gasteiger partial charge on any atom is -0.379 e. The van der Waals surface area contributed by atoms with Crippen molar-refractivity contribution >= 4 is 0 Å². The minimum atomic E-state index is -1.30. The summed E-state index contributed by atoms with van der Waals surface area (Å²) in [5.74, 6) is 0. The first kappa shape index (κ1) is 27.6. The molecule has 3 N–H and O–H groups in total. The summed E-state index contributed by atoms with van der Waals surface area (Å²) in [6.07, 6.45) is 0. The van der Waals surface area contributed by atoms with Crippen LogP contribution in [0.25, 0.3) is 0 Å². The van der Waals surface area contributed by atoms with Gasteiger partial charge in [0.15, 0.2) is 0 Å². The van der Waals surface area contributed by atoms with Gasteiger partial charge in [0.2, 0.25) is 0 Å². The molecule has 0 bridgehead atoms. The number of nitrogens with two attached hydrogens (primary N) is 1. The molecule has 2 heteroatoms. The predicted molar refractivity (Wildman–Crippen MR) is 144 cm³/mol. The van der Waals surface area contributed by atoms with Crippen LogP contribution in [-0.2, 0) is 27.3 Å². The molecule has 2 aromatic carbocycles. The Kier molecular flexibility index (Phi) is 7.14. The molecule has 0 radical (unpaired) electrons. The highest BCUT2D eigenvalue weighted by Crippen LogP contribution is 2.41. The summed E-state index contributed by atoms with van der Waals surface area (Å²) in [6, 6.07) is 12.8. The Morgan fingerprint density at radius 2 is 0.667 bits per heavy atom. The minimum absolute atomic E-state index is 0.0431. The second kappa shape index (κ2) is 8.54. The van der Waals surface area contributed by atoms with Crippen LogP contribution in [0.15, 0.2) is 36.4 Å². The normalized spacial score (nSPS) is 15.0. The molecular weight excluding hydrogens is 402 g/mol. The molecule has 33 heavy (non-hydrogen) atoms. The second-order valence-electron chi connectivity index (χ2n) is 14.2. The second-order valence-corrected chi connectivity index (χ2v) is 14.2. The van der Waals surface area contributed by atoms with Gasteiger partial charge < -0.3 is 10.8 Å². The Hall–Kier alpha value is -1.64. The average molecular weight is 452 g/mol. The van der Waals surface area contributed by atoms with Crippen molar-refractivity contribution in [2.75, 3.05) is 0 Å². The summed E-state index contributed by atoms with van der Waals surface area (Å²) < 4.78 is 0. The van der Waals surface area contributed by atoms with Crippen molar-refractivity contribution in [3.05, 3.63) is 69.8 Å². The maximum absolute atomic E-state index is 12.5. The molecule has 0 heterocycles. The van der Waals surface area contributed by atoms with Gasteiger partial charge in [-0.2, -0.15) is 0 Å². The lowest BCUT2D eigenvalue weighted by atomic mass is 9.72. The molecule has 0 saturated carbocycles. The van der Waals surface area contributed by atoms with Crippen LogP contribution in [0.2, 0.25) is 0 Å². The molecule has 1 atom stereocenters. The van der Waals surface area contributed by atoms with E-state index in [1.54, 1.807) is 0 Å². The van der Waals surface area contributed by atoms with Gasteiger partial charge in [-0.15, -0.1) is 0 Å². The van der Waals surface area contributed by atoms with E-state index in [4.69, 9.17) is 5.73 Å². The van der Waals surface area contributed by atoms with Crippen molar-refractivity contribution in [2.24, 2.45) is 5.73 Å². The van der Waals surface area contributed by atoms with Gasteiger partial charge in [0, 0.05) is 6.04 Å². The van der Waals surface area contributed by atoms with E-state index >= 15 is 0 Å². The Morgan fingerprint density at radius 1 is 0.485 bits per heavy atom. The van der Waals surface area contributed by atoms with Crippen molar-refractivity contribution in [1.82, 2.24) is 0 Å². The van der Waals surface area contributed by atoms with E-state index in [0.717, 1.165) is 11.1 Å². The summed E-state index contributed by atoms with van der Waals surface area (Å²) in [6.45, 7) is 28.6. The zero-order valence-corrected chi connectivity index (χ0v) is 23.6. The third-order valence-electron chi connectivity index (χ3n) is 6.87. The smallest absolute Gasteiger partial charge is 0.129 e. The first-order valence-corrected chi connectivity index (χ1v) is 12.4. The Morgan fingerprint density at radius 3 is 0.818 bits per heavy atom. The van der Waals surface area contributed by atoms with E-state index in [-0.39, 0.29) is 21.7 Å². The van der Waals surface area contributed by atoms with Crippen LogP contribution >= 0.6 is 0 Å². The molecule has 1 unspecified atom stereocenters. The van der Waals surface area contributed by atoms with E-state index in [2.05, 4.69) is 119 Å². The third kappa shape index (κ3) is 5.89. The fourth-order valence-electron chi connectivity index (χ4n) is 4.12. The number of hydrogen-bond acceptors (Lipinski definition) is 2. The summed E-state index contributed by atoms with van der Waals surface area (Å²) in [4.78, 5) is 0. The number of rotatable bonds is 3. The van der Waals surface area contributed by atoms with Crippen LogP contribution in [-0.4, -0.2) is 11.1 Å². The SMILES string of the molecule is CC(N)C(O)(c1cc(C(C)(C)C)cc(C(C)(C)C)c1)c1cc(C(C)(C)C)cc(C(C)(C)C)c1. The lowest BCUT2D eigenvalue weighted by Crippen LogP contribution is -2.45. The molecule has 0 aromatic heterocycles. The molecule has 184 valence electrons. The van der Waals surface area contributed by atoms with Gasteiger partial charge >= 0.3 is 0 Å². The number of benzene rings is 2. The van der Waals surface area contributed by atoms with Crippen molar-refractivity contribution in [3.63, 3.8) is 0 Å². The standard InChI is InChI=1S/C31H49NO/c1-20(32)31(33,25-16-21(27(2,3)4)14-22(17-25)28(5,6)7)26-18-23(29(8,9)10)15-24(19-26)30(11,12)13/h14-20,33H,32H2,1-13H3. The van der Waals surface area contributed by atoms with Crippen molar-refractivity contribution in [2.45, 2.75) is 123 Å². The molecule has 0 aliphatic rings. The maximum Gasteiger partial charge on any atom is 0.129 e. The van der Waals surface area contributed by atoms with Gasteiger partial charge in [0.05, 0.1) is 0 Å². The van der Waals surface area contributed by atoms with Crippen molar-refractivity contribution < 1.29 is 5.11 Å². The molecule has 2 aromatic rings. The molecule has 0 aliphatic carbocycles. The summed E-state index contributed by atoms with van der Waals surface area (Å²) in [5, 5.41) is 12.5. The fraction of sp³-hybridized carbons (Fsp3) is 0.613. The van der Waals surface area contributed by atoms with E-state index in [1.807, 2.05) is 6.92 Å². The predicted octanol–water partition coefficient (Wildman–Crippen LogP) is 7.46. The maximum atomic E-state index is 12.5. The van der Waals surface area contributed by atoms with Gasteiger partial charge in [-0.25, -0.2) is 0 Å². The Bertz CT molecular complexity index is 846. The fourth-order valence-corrected chi connectivity index (χ4v) is 4.12. The molecular formula is C31H49NO. The Balaban J connectivity index is 2.97. The van der Waals surface area contributed by atoms with Crippen LogP contribution < -0.4 is 5.73 Å². The number of hydrogen-bond donors (Lipinski definition) is 2. The molecule has 2 nitrogen and oxygen atoms in total. The highest BCUT2D eigenvalue weighted by Gasteiger charge is 2.39. The number of aliphatic hydroxyl groups is 1. The zero-order chi connectivity index (χ0) is 25.8. The molecule has 0 amide bonds. The average Bonchev–Trinajstić information content (AvgIpc) is 2.63. The largest absolute Gasteiger partial charge is 0.379 e. The third-order valence-corrected chi connectivity index (χ3v) is 6.87. The van der Waals surface area contributed by atoms with E-state index in [1.165, 1.54) is 22.3 Å². The first-order valence-electron chi connectivity index (χ1n) is 12.4. The van der Waals surface area contributed by atoms with Crippen LogP contribution in [0.5, 0.6) is 0 Å². The van der Waals surface area contributed by atoms with Gasteiger partial charge in [-0.05, 0) is 62.0 Å². The van der Waals surface area contributed by atoms with Gasteiger partial charge in [-0.3, -0.25) is 0 Å². The van der Waals surface area contributed by atoms with E-state index in [9.17, 15) is 5.11 Å². The lowest BCUT2D eigenvalue weighted by molar-refractivity contribution is 0.0573. The summed E-state index contributed by atoms with van der Waals surface area (Å²) in [7, 11) is 0. The lowest BCUT2D eigenvalue weighted by Gasteiger charge is -2.38. The van der Waals surface area contributed by atoms with E-state index < -0.39 is 11.6 Å². The molecule has 2 rings (SSSR count). The molecule has 0 aliphatic heterocycles. The van der Waals surface area contributed by atoms with Crippen molar-refractivity contribution in [3.8, 4) is 0 Å². The van der Waals surface area contributed by atoms with Gasteiger partial charge in [0.25, 0.3) is 0 Å². The first-order chi connectivity index (χ1) is 14.6. The van der Waals surface area contributed by atoms with Gasteiger partial charge in [-0.1, -0.05) is 119 Å². The quantitative estimate of drug-likeness (QED) is 0.509. The van der Waals surface area contributed by atoms with Crippen LogP contribution in [0.1, 0.15) is 123 Å². The van der Waals surface area contributed by atoms with E-state index in [0.29, 0.717) is 0 Å².